The second-order valence-electron chi connectivity index (χ2n) is 5.25. The molecule has 3 rings (SSSR count). The maximum absolute atomic E-state index is 11.4. The van der Waals surface area contributed by atoms with Gasteiger partial charge >= 0.3 is 0 Å². The van der Waals surface area contributed by atoms with Crippen LogP contribution in [0.5, 0.6) is 5.75 Å². The molecule has 4 nitrogen and oxygen atoms in total. The van der Waals surface area contributed by atoms with Crippen molar-refractivity contribution in [2.75, 3.05) is 24.7 Å². The Morgan fingerprint density at radius 1 is 1.40 bits per heavy atom. The number of nitrogens with one attached hydrogen (secondary N) is 1. The number of rotatable bonds is 3. The Morgan fingerprint density at radius 3 is 3.00 bits per heavy atom. The van der Waals surface area contributed by atoms with Crippen LogP contribution in [0.1, 0.15) is 12.0 Å². The van der Waals surface area contributed by atoms with Crippen LogP contribution < -0.4 is 10.1 Å². The molecule has 0 amide bonds. The highest BCUT2D eigenvalue weighted by Gasteiger charge is 2.27. The van der Waals surface area contributed by atoms with Crippen molar-refractivity contribution in [1.82, 2.24) is 5.32 Å². The van der Waals surface area contributed by atoms with Crippen LogP contribution in [0.3, 0.4) is 0 Å². The minimum Gasteiger partial charge on any atom is -0.489 e. The van der Waals surface area contributed by atoms with Gasteiger partial charge in [0.2, 0.25) is 0 Å². The number of hydrogen-bond donors (Lipinski definition) is 1. The number of ether oxygens (including phenoxy) is 1. The second-order valence-corrected chi connectivity index (χ2v) is 8.40. The van der Waals surface area contributed by atoms with Crippen LogP contribution in [-0.2, 0) is 9.84 Å². The number of benzene rings is 1. The van der Waals surface area contributed by atoms with Crippen LogP contribution in [0.15, 0.2) is 28.2 Å². The number of halogens is 1. The molecule has 0 radical (unpaired) electrons. The summed E-state index contributed by atoms with van der Waals surface area (Å²) >= 11 is 3.45. The molecular weight excluding hydrogens is 342 g/mol. The minimum atomic E-state index is -2.82. The van der Waals surface area contributed by atoms with E-state index in [2.05, 4.69) is 27.3 Å². The SMILES string of the molecule is O=S1(=O)CCC(NCC2=Cc3cc(Br)ccc3OC2)C1. The van der Waals surface area contributed by atoms with Gasteiger partial charge in [0.05, 0.1) is 11.5 Å². The highest BCUT2D eigenvalue weighted by Crippen LogP contribution is 2.29. The third kappa shape index (κ3) is 3.24. The first-order valence-corrected chi connectivity index (χ1v) is 9.19. The van der Waals surface area contributed by atoms with Crippen LogP contribution in [0, 0.1) is 0 Å². The van der Waals surface area contributed by atoms with E-state index in [1.165, 1.54) is 0 Å². The first-order valence-electron chi connectivity index (χ1n) is 6.57. The smallest absolute Gasteiger partial charge is 0.151 e. The molecule has 2 aliphatic heterocycles. The molecule has 2 aliphatic rings. The van der Waals surface area contributed by atoms with Crippen molar-refractivity contribution >= 4 is 31.8 Å². The standard InChI is InChI=1S/C14H16BrNO3S/c15-12-1-2-14-11(6-12)5-10(8-19-14)7-16-13-3-4-20(17,18)9-13/h1-2,5-6,13,16H,3-4,7-9H2. The highest BCUT2D eigenvalue weighted by molar-refractivity contribution is 9.10. The van der Waals surface area contributed by atoms with Gasteiger partial charge in [-0.2, -0.15) is 0 Å². The fourth-order valence-corrected chi connectivity index (χ4v) is 4.62. The summed E-state index contributed by atoms with van der Waals surface area (Å²) in [6.07, 6.45) is 2.82. The van der Waals surface area contributed by atoms with Gasteiger partial charge in [0, 0.05) is 22.6 Å². The summed E-state index contributed by atoms with van der Waals surface area (Å²) in [7, 11) is -2.82. The molecule has 2 heterocycles. The molecule has 0 spiro atoms. The lowest BCUT2D eigenvalue weighted by Gasteiger charge is -2.20. The van der Waals surface area contributed by atoms with E-state index in [-0.39, 0.29) is 11.8 Å². The summed E-state index contributed by atoms with van der Waals surface area (Å²) in [5.74, 6) is 1.44. The van der Waals surface area contributed by atoms with E-state index in [0.717, 1.165) is 21.4 Å². The van der Waals surface area contributed by atoms with Crippen molar-refractivity contribution in [1.29, 1.82) is 0 Å². The van der Waals surface area contributed by atoms with Crippen LogP contribution in [0.2, 0.25) is 0 Å². The van der Waals surface area contributed by atoms with Crippen molar-refractivity contribution in [3.63, 3.8) is 0 Å². The average molecular weight is 358 g/mol. The van der Waals surface area contributed by atoms with Crippen LogP contribution in [0.25, 0.3) is 6.08 Å². The van der Waals surface area contributed by atoms with E-state index < -0.39 is 9.84 Å². The lowest BCUT2D eigenvalue weighted by atomic mass is 10.1. The average Bonchev–Trinajstić information content (AvgIpc) is 2.75. The van der Waals surface area contributed by atoms with Gasteiger partial charge in [-0.05, 0) is 36.3 Å². The Labute approximate surface area is 127 Å². The largest absolute Gasteiger partial charge is 0.489 e. The summed E-state index contributed by atoms with van der Waals surface area (Å²) in [5.41, 5.74) is 2.20. The molecule has 1 atom stereocenters. The van der Waals surface area contributed by atoms with Crippen molar-refractivity contribution in [3.05, 3.63) is 33.8 Å². The number of hydrogen-bond acceptors (Lipinski definition) is 4. The van der Waals surface area contributed by atoms with Crippen molar-refractivity contribution in [2.45, 2.75) is 12.5 Å². The van der Waals surface area contributed by atoms with Gasteiger partial charge < -0.3 is 10.1 Å². The molecule has 0 aromatic heterocycles. The van der Waals surface area contributed by atoms with Crippen molar-refractivity contribution in [2.24, 2.45) is 0 Å². The molecule has 0 saturated carbocycles. The topological polar surface area (TPSA) is 55.4 Å². The minimum absolute atomic E-state index is 0.0739. The summed E-state index contributed by atoms with van der Waals surface area (Å²) in [6, 6.07) is 6.00. The van der Waals surface area contributed by atoms with Crippen LogP contribution >= 0.6 is 15.9 Å². The Balaban J connectivity index is 1.64. The molecule has 0 aliphatic carbocycles. The van der Waals surface area contributed by atoms with Crippen molar-refractivity contribution in [3.8, 4) is 5.75 Å². The van der Waals surface area contributed by atoms with Gasteiger partial charge in [0.15, 0.2) is 9.84 Å². The number of fused-ring (bicyclic) bond motifs is 1. The monoisotopic (exact) mass is 357 g/mol. The van der Waals surface area contributed by atoms with Gasteiger partial charge in [-0.1, -0.05) is 15.9 Å². The number of sulfone groups is 1. The Bertz CT molecular complexity index is 654. The maximum atomic E-state index is 11.4. The van der Waals surface area contributed by atoms with E-state index in [0.29, 0.717) is 25.3 Å². The second kappa shape index (κ2) is 5.50. The van der Waals surface area contributed by atoms with Crippen molar-refractivity contribution < 1.29 is 13.2 Å². The lowest BCUT2D eigenvalue weighted by Crippen LogP contribution is -2.33. The molecule has 1 aromatic rings. The summed E-state index contributed by atoms with van der Waals surface area (Å²) in [6.45, 7) is 1.23. The molecule has 6 heteroatoms. The molecule has 1 saturated heterocycles. The van der Waals surface area contributed by atoms with Crippen LogP contribution in [-0.4, -0.2) is 39.1 Å². The van der Waals surface area contributed by atoms with E-state index in [1.54, 1.807) is 0 Å². The Kier molecular flexibility index (Phi) is 3.88. The molecule has 1 N–H and O–H groups in total. The zero-order valence-corrected chi connectivity index (χ0v) is 13.3. The van der Waals surface area contributed by atoms with E-state index in [4.69, 9.17) is 4.74 Å². The maximum Gasteiger partial charge on any atom is 0.151 e. The highest BCUT2D eigenvalue weighted by atomic mass is 79.9. The lowest BCUT2D eigenvalue weighted by molar-refractivity contribution is 0.341. The van der Waals surface area contributed by atoms with Gasteiger partial charge in [-0.15, -0.1) is 0 Å². The first kappa shape index (κ1) is 14.1. The molecule has 1 fully saturated rings. The van der Waals surface area contributed by atoms with Gasteiger partial charge in [-0.3, -0.25) is 0 Å². The summed E-state index contributed by atoms with van der Waals surface area (Å²) in [4.78, 5) is 0. The van der Waals surface area contributed by atoms with Crippen LogP contribution in [0.4, 0.5) is 0 Å². The van der Waals surface area contributed by atoms with E-state index in [9.17, 15) is 8.42 Å². The van der Waals surface area contributed by atoms with Gasteiger partial charge in [0.25, 0.3) is 0 Å². The Hall–Kier alpha value is -0.850. The zero-order valence-electron chi connectivity index (χ0n) is 10.9. The molecule has 1 unspecified atom stereocenters. The molecular formula is C14H16BrNO3S. The normalized spacial score (nSPS) is 23.9. The predicted octanol–water partition coefficient (Wildman–Crippen LogP) is 2.00. The fraction of sp³-hybridized carbons (Fsp3) is 0.429. The molecule has 0 bridgehead atoms. The third-order valence-electron chi connectivity index (χ3n) is 3.59. The predicted molar refractivity (Wildman–Crippen MR) is 82.7 cm³/mol. The zero-order chi connectivity index (χ0) is 14.2. The fourth-order valence-electron chi connectivity index (χ4n) is 2.53. The molecule has 108 valence electrons. The van der Waals surface area contributed by atoms with Gasteiger partial charge in [-0.25, -0.2) is 8.42 Å². The van der Waals surface area contributed by atoms with Gasteiger partial charge in [0.1, 0.15) is 12.4 Å². The van der Waals surface area contributed by atoms with E-state index in [1.807, 2.05) is 18.2 Å². The first-order chi connectivity index (χ1) is 9.52. The molecule has 1 aromatic carbocycles. The third-order valence-corrected chi connectivity index (χ3v) is 5.86. The quantitative estimate of drug-likeness (QED) is 0.898. The summed E-state index contributed by atoms with van der Waals surface area (Å²) in [5, 5.41) is 3.31. The van der Waals surface area contributed by atoms with E-state index >= 15 is 0 Å². The summed E-state index contributed by atoms with van der Waals surface area (Å²) < 4.78 is 29.5. The Morgan fingerprint density at radius 2 is 2.25 bits per heavy atom. The molecule has 20 heavy (non-hydrogen) atoms.